The number of carbonyl (C=O) groups is 1. The SMILES string of the molecule is CNC(=O)c1cc(Oc2cccc(C)c2)ccn1. The maximum atomic E-state index is 11.4. The summed E-state index contributed by atoms with van der Waals surface area (Å²) in [6, 6.07) is 11.0. The molecular weight excluding hydrogens is 228 g/mol. The van der Waals surface area contributed by atoms with Crippen molar-refractivity contribution in [1.82, 2.24) is 10.3 Å². The highest BCUT2D eigenvalue weighted by Gasteiger charge is 2.06. The summed E-state index contributed by atoms with van der Waals surface area (Å²) in [7, 11) is 1.57. The molecule has 2 rings (SSSR count). The van der Waals surface area contributed by atoms with Gasteiger partial charge in [0, 0.05) is 19.3 Å². The molecule has 0 spiro atoms. The molecule has 0 atom stereocenters. The molecule has 0 radical (unpaired) electrons. The molecule has 18 heavy (non-hydrogen) atoms. The standard InChI is InChI=1S/C14H14N2O2/c1-10-4-3-5-11(8-10)18-12-6-7-16-13(9-12)14(17)15-2/h3-9H,1-2H3,(H,15,17). The van der Waals surface area contributed by atoms with Crippen molar-refractivity contribution in [3.05, 3.63) is 53.9 Å². The molecule has 0 aliphatic heterocycles. The second kappa shape index (κ2) is 5.31. The predicted molar refractivity (Wildman–Crippen MR) is 68.9 cm³/mol. The first-order chi connectivity index (χ1) is 8.69. The number of aryl methyl sites for hydroxylation is 1. The molecule has 4 nitrogen and oxygen atoms in total. The first-order valence-corrected chi connectivity index (χ1v) is 5.61. The molecule has 0 unspecified atom stereocenters. The predicted octanol–water partition coefficient (Wildman–Crippen LogP) is 2.54. The molecule has 0 saturated heterocycles. The van der Waals surface area contributed by atoms with Gasteiger partial charge in [-0.3, -0.25) is 9.78 Å². The molecule has 1 aromatic heterocycles. The number of aromatic nitrogens is 1. The van der Waals surface area contributed by atoms with Gasteiger partial charge in [0.25, 0.3) is 5.91 Å². The van der Waals surface area contributed by atoms with Crippen molar-refractivity contribution < 1.29 is 9.53 Å². The van der Waals surface area contributed by atoms with E-state index in [1.165, 1.54) is 0 Å². The summed E-state index contributed by atoms with van der Waals surface area (Å²) in [6.07, 6.45) is 1.55. The third-order valence-electron chi connectivity index (χ3n) is 2.42. The van der Waals surface area contributed by atoms with Crippen LogP contribution in [0, 0.1) is 6.92 Å². The lowest BCUT2D eigenvalue weighted by Crippen LogP contribution is -2.18. The van der Waals surface area contributed by atoms with Crippen LogP contribution >= 0.6 is 0 Å². The molecule has 1 amide bonds. The number of amides is 1. The topological polar surface area (TPSA) is 51.2 Å². The van der Waals surface area contributed by atoms with Crippen LogP contribution in [0.4, 0.5) is 0 Å². The molecule has 0 aliphatic carbocycles. The fourth-order valence-corrected chi connectivity index (χ4v) is 1.54. The van der Waals surface area contributed by atoms with E-state index in [4.69, 9.17) is 4.74 Å². The van der Waals surface area contributed by atoms with E-state index in [9.17, 15) is 4.79 Å². The number of nitrogens with one attached hydrogen (secondary N) is 1. The van der Waals surface area contributed by atoms with Crippen LogP contribution in [-0.4, -0.2) is 17.9 Å². The molecule has 0 bridgehead atoms. The Morgan fingerprint density at radius 2 is 2.00 bits per heavy atom. The quantitative estimate of drug-likeness (QED) is 0.899. The molecule has 92 valence electrons. The zero-order valence-corrected chi connectivity index (χ0v) is 10.3. The number of nitrogens with zero attached hydrogens (tertiary/aromatic N) is 1. The molecule has 2 aromatic rings. The summed E-state index contributed by atoms with van der Waals surface area (Å²) in [5, 5.41) is 2.52. The number of ether oxygens (including phenoxy) is 1. The van der Waals surface area contributed by atoms with E-state index in [1.807, 2.05) is 31.2 Å². The van der Waals surface area contributed by atoms with Gasteiger partial charge in [0.2, 0.25) is 0 Å². The summed E-state index contributed by atoms with van der Waals surface area (Å²) in [5.41, 5.74) is 1.45. The monoisotopic (exact) mass is 242 g/mol. The van der Waals surface area contributed by atoms with E-state index in [1.54, 1.807) is 25.4 Å². The van der Waals surface area contributed by atoms with Gasteiger partial charge in [0.1, 0.15) is 17.2 Å². The third-order valence-corrected chi connectivity index (χ3v) is 2.42. The van der Waals surface area contributed by atoms with Crippen molar-refractivity contribution in [2.75, 3.05) is 7.05 Å². The van der Waals surface area contributed by atoms with Crippen LogP contribution in [0.2, 0.25) is 0 Å². The first kappa shape index (κ1) is 12.1. The van der Waals surface area contributed by atoms with Crippen molar-refractivity contribution in [2.45, 2.75) is 6.92 Å². The molecule has 0 fully saturated rings. The minimum absolute atomic E-state index is 0.232. The van der Waals surface area contributed by atoms with Gasteiger partial charge in [-0.25, -0.2) is 0 Å². The third kappa shape index (κ3) is 2.85. The van der Waals surface area contributed by atoms with Crippen LogP contribution < -0.4 is 10.1 Å². The fourth-order valence-electron chi connectivity index (χ4n) is 1.54. The van der Waals surface area contributed by atoms with Crippen LogP contribution in [0.25, 0.3) is 0 Å². The normalized spacial score (nSPS) is 9.89. The van der Waals surface area contributed by atoms with E-state index in [0.29, 0.717) is 11.4 Å². The minimum atomic E-state index is -0.232. The van der Waals surface area contributed by atoms with Gasteiger partial charge >= 0.3 is 0 Å². The Morgan fingerprint density at radius 1 is 1.22 bits per heavy atom. The lowest BCUT2D eigenvalue weighted by Gasteiger charge is -2.07. The van der Waals surface area contributed by atoms with Gasteiger partial charge in [-0.1, -0.05) is 12.1 Å². The van der Waals surface area contributed by atoms with Gasteiger partial charge in [-0.2, -0.15) is 0 Å². The Labute approximate surface area is 106 Å². The Morgan fingerprint density at radius 3 is 2.72 bits per heavy atom. The molecule has 1 N–H and O–H groups in total. The van der Waals surface area contributed by atoms with Gasteiger partial charge in [0.15, 0.2) is 0 Å². The van der Waals surface area contributed by atoms with E-state index < -0.39 is 0 Å². The lowest BCUT2D eigenvalue weighted by atomic mass is 10.2. The Kier molecular flexibility index (Phi) is 3.57. The molecule has 0 saturated carbocycles. The highest BCUT2D eigenvalue weighted by atomic mass is 16.5. The summed E-state index contributed by atoms with van der Waals surface area (Å²) >= 11 is 0. The zero-order chi connectivity index (χ0) is 13.0. The van der Waals surface area contributed by atoms with Crippen molar-refractivity contribution in [3.63, 3.8) is 0 Å². The van der Waals surface area contributed by atoms with E-state index in [-0.39, 0.29) is 5.91 Å². The van der Waals surface area contributed by atoms with Gasteiger partial charge in [0.05, 0.1) is 0 Å². The van der Waals surface area contributed by atoms with Gasteiger partial charge in [-0.15, -0.1) is 0 Å². The van der Waals surface area contributed by atoms with Crippen molar-refractivity contribution in [1.29, 1.82) is 0 Å². The number of benzene rings is 1. The molecule has 1 aromatic carbocycles. The first-order valence-electron chi connectivity index (χ1n) is 5.61. The number of hydrogen-bond acceptors (Lipinski definition) is 3. The van der Waals surface area contributed by atoms with Crippen molar-refractivity contribution in [3.8, 4) is 11.5 Å². The highest BCUT2D eigenvalue weighted by Crippen LogP contribution is 2.22. The second-order valence-corrected chi connectivity index (χ2v) is 3.87. The Hall–Kier alpha value is -2.36. The number of rotatable bonds is 3. The summed E-state index contributed by atoms with van der Waals surface area (Å²) in [5.74, 6) is 1.10. The van der Waals surface area contributed by atoms with Crippen LogP contribution in [0.15, 0.2) is 42.6 Å². The minimum Gasteiger partial charge on any atom is -0.457 e. The van der Waals surface area contributed by atoms with Crippen molar-refractivity contribution >= 4 is 5.91 Å². The highest BCUT2D eigenvalue weighted by molar-refractivity contribution is 5.92. The van der Waals surface area contributed by atoms with Gasteiger partial charge in [-0.05, 0) is 30.7 Å². The van der Waals surface area contributed by atoms with Crippen LogP contribution in [-0.2, 0) is 0 Å². The smallest absolute Gasteiger partial charge is 0.269 e. The zero-order valence-electron chi connectivity index (χ0n) is 10.3. The summed E-state index contributed by atoms with van der Waals surface area (Å²) in [4.78, 5) is 15.4. The summed E-state index contributed by atoms with van der Waals surface area (Å²) < 4.78 is 5.67. The number of carbonyl (C=O) groups excluding carboxylic acids is 1. The largest absolute Gasteiger partial charge is 0.457 e. The number of hydrogen-bond donors (Lipinski definition) is 1. The molecule has 4 heteroatoms. The Balaban J connectivity index is 2.22. The number of pyridine rings is 1. The second-order valence-electron chi connectivity index (χ2n) is 3.87. The Bertz CT molecular complexity index is 567. The molecule has 0 aliphatic rings. The lowest BCUT2D eigenvalue weighted by molar-refractivity contribution is 0.0958. The van der Waals surface area contributed by atoms with Crippen LogP contribution in [0.1, 0.15) is 16.1 Å². The van der Waals surface area contributed by atoms with E-state index >= 15 is 0 Å². The van der Waals surface area contributed by atoms with Gasteiger partial charge < -0.3 is 10.1 Å². The maximum absolute atomic E-state index is 11.4. The molecule has 1 heterocycles. The maximum Gasteiger partial charge on any atom is 0.269 e. The fraction of sp³-hybridized carbons (Fsp3) is 0.143. The average molecular weight is 242 g/mol. The average Bonchev–Trinajstić information content (AvgIpc) is 2.38. The van der Waals surface area contributed by atoms with Crippen LogP contribution in [0.5, 0.6) is 11.5 Å². The summed E-state index contributed by atoms with van der Waals surface area (Å²) in [6.45, 7) is 2.00. The van der Waals surface area contributed by atoms with Crippen LogP contribution in [0.3, 0.4) is 0 Å². The van der Waals surface area contributed by atoms with E-state index in [0.717, 1.165) is 11.3 Å². The molecular formula is C14H14N2O2. The van der Waals surface area contributed by atoms with Crippen molar-refractivity contribution in [2.24, 2.45) is 0 Å². The van der Waals surface area contributed by atoms with E-state index in [2.05, 4.69) is 10.3 Å².